The molecular weight excluding hydrogens is 686 g/mol. The molecule has 2 saturated carbocycles. The zero-order chi connectivity index (χ0) is 34.2. The van der Waals surface area contributed by atoms with E-state index in [1.165, 1.54) is 31.7 Å². The van der Waals surface area contributed by atoms with E-state index in [4.69, 9.17) is 42.1 Å². The lowest BCUT2D eigenvalue weighted by atomic mass is 9.94. The second-order valence-corrected chi connectivity index (χ2v) is 14.8. The Labute approximate surface area is 297 Å². The van der Waals surface area contributed by atoms with Crippen LogP contribution in [0.15, 0.2) is 67.1 Å². The van der Waals surface area contributed by atoms with Crippen molar-refractivity contribution in [3.8, 4) is 22.8 Å². The van der Waals surface area contributed by atoms with Crippen molar-refractivity contribution < 1.29 is 33.0 Å². The Hall–Kier alpha value is -4.06. The van der Waals surface area contributed by atoms with E-state index < -0.39 is 11.6 Å². The predicted molar refractivity (Wildman–Crippen MR) is 192 cm³/mol. The molecule has 2 aromatic carbocycles. The van der Waals surface area contributed by atoms with Gasteiger partial charge in [-0.1, -0.05) is 42.0 Å². The zero-order valence-corrected chi connectivity index (χ0v) is 29.1. The number of halogens is 1. The lowest BCUT2D eigenvalue weighted by Gasteiger charge is -2.30. The van der Waals surface area contributed by atoms with E-state index in [2.05, 4.69) is 0 Å². The monoisotopic (exact) mass is 719 g/mol. The van der Waals surface area contributed by atoms with Gasteiger partial charge in [-0.2, -0.15) is 0 Å². The van der Waals surface area contributed by atoms with Gasteiger partial charge in [-0.15, -0.1) is 0 Å². The van der Waals surface area contributed by atoms with Crippen LogP contribution in [0.2, 0.25) is 5.02 Å². The van der Waals surface area contributed by atoms with Crippen LogP contribution in [0.1, 0.15) is 55.4 Å². The SMILES string of the molecule is COc1ccc2oc(=O)c(CCC(=O)OCCCc3cc(-c4ccc(Cl)cc4)oc3/C=C3\SC(=S)N(C4CC5CCC4C5)C3=O)c(O)c2c1. The number of aromatic hydroxyl groups is 1. The Morgan fingerprint density at radius 3 is 2.65 bits per heavy atom. The van der Waals surface area contributed by atoms with Crippen molar-refractivity contribution in [1.82, 2.24) is 4.90 Å². The molecular formula is C37H34ClNO8S2. The molecule has 1 N–H and O–H groups in total. The molecule has 12 heteroatoms. The van der Waals surface area contributed by atoms with E-state index in [9.17, 15) is 19.5 Å². The summed E-state index contributed by atoms with van der Waals surface area (Å²) < 4.78 is 22.9. The third kappa shape index (κ3) is 6.89. The van der Waals surface area contributed by atoms with Crippen LogP contribution in [0.4, 0.5) is 0 Å². The standard InChI is InChI=1S/C37H34ClNO8S2/c1-44-25-10-12-29-27(18-25)34(41)26(36(43)47-29)11-13-33(40)45-14-2-3-23-17-30(21-6-8-24(38)9-7-21)46-31(23)19-32-35(42)39(37(48)49-32)28-16-20-4-5-22(28)15-20/h6-10,12,17-20,22,28,41H,2-5,11,13-16H2,1H3/b32-19-. The van der Waals surface area contributed by atoms with Crippen LogP contribution in [-0.4, -0.2) is 46.0 Å². The molecule has 3 aliphatic rings. The molecule has 4 aromatic rings. The third-order valence-electron chi connectivity index (χ3n) is 9.70. The Kier molecular flexibility index (Phi) is 9.59. The topological polar surface area (TPSA) is 119 Å². The number of hydrogen-bond donors (Lipinski definition) is 1. The molecule has 3 unspecified atom stereocenters. The number of carbonyl (C=O) groups excluding carboxylic acids is 2. The fourth-order valence-electron chi connectivity index (χ4n) is 7.23. The number of thiocarbonyl (C=S) groups is 1. The average Bonchev–Trinajstić information content (AvgIpc) is 3.88. The number of amides is 1. The van der Waals surface area contributed by atoms with Crippen molar-refractivity contribution in [3.63, 3.8) is 0 Å². The zero-order valence-electron chi connectivity index (χ0n) is 26.7. The molecule has 3 fully saturated rings. The minimum Gasteiger partial charge on any atom is -0.507 e. The number of thioether (sulfide) groups is 1. The second kappa shape index (κ2) is 14.0. The van der Waals surface area contributed by atoms with Gasteiger partial charge in [-0.3, -0.25) is 14.5 Å². The number of fused-ring (bicyclic) bond motifs is 3. The van der Waals surface area contributed by atoms with Crippen molar-refractivity contribution in [3.05, 3.63) is 85.8 Å². The summed E-state index contributed by atoms with van der Waals surface area (Å²) in [4.78, 5) is 41.1. The smallest absolute Gasteiger partial charge is 0.343 e. The van der Waals surface area contributed by atoms with Crippen molar-refractivity contribution in [1.29, 1.82) is 0 Å². The molecule has 1 amide bonds. The fraction of sp³-hybridized carbons (Fsp3) is 0.351. The first-order valence-electron chi connectivity index (χ1n) is 16.3. The lowest BCUT2D eigenvalue weighted by Crippen LogP contribution is -2.41. The number of aryl methyl sites for hydroxylation is 1. The molecule has 1 saturated heterocycles. The van der Waals surface area contributed by atoms with E-state index in [-0.39, 0.29) is 48.3 Å². The molecule has 9 nitrogen and oxygen atoms in total. The number of hydrogen-bond acceptors (Lipinski definition) is 10. The number of methoxy groups -OCH3 is 1. The van der Waals surface area contributed by atoms with E-state index >= 15 is 0 Å². The van der Waals surface area contributed by atoms with Gasteiger partial charge in [0, 0.05) is 29.1 Å². The minimum absolute atomic E-state index is 0.00122. The summed E-state index contributed by atoms with van der Waals surface area (Å²) in [6.07, 6.45) is 7.21. The molecule has 3 heterocycles. The van der Waals surface area contributed by atoms with Crippen molar-refractivity contribution >= 4 is 68.8 Å². The summed E-state index contributed by atoms with van der Waals surface area (Å²) in [7, 11) is 1.50. The summed E-state index contributed by atoms with van der Waals surface area (Å²) in [5, 5.41) is 11.7. The number of rotatable bonds is 11. The first kappa shape index (κ1) is 33.4. The Morgan fingerprint density at radius 1 is 1.10 bits per heavy atom. The molecule has 2 bridgehead atoms. The van der Waals surface area contributed by atoms with Gasteiger partial charge in [0.2, 0.25) is 0 Å². The second-order valence-electron chi connectivity index (χ2n) is 12.7. The Morgan fingerprint density at radius 2 is 1.92 bits per heavy atom. The number of carbonyl (C=O) groups is 2. The highest BCUT2D eigenvalue weighted by molar-refractivity contribution is 8.26. The average molecular weight is 720 g/mol. The summed E-state index contributed by atoms with van der Waals surface area (Å²) in [5.41, 5.74) is 1.21. The Bertz CT molecular complexity index is 2030. The van der Waals surface area contributed by atoms with Crippen LogP contribution in [0.5, 0.6) is 11.5 Å². The van der Waals surface area contributed by atoms with Gasteiger partial charge in [-0.05, 0) is 104 Å². The van der Waals surface area contributed by atoms with E-state index in [0.29, 0.717) is 61.6 Å². The van der Waals surface area contributed by atoms with E-state index in [1.807, 2.05) is 23.1 Å². The van der Waals surface area contributed by atoms with Crippen LogP contribution >= 0.6 is 35.6 Å². The first-order chi connectivity index (χ1) is 23.7. The molecule has 0 spiro atoms. The molecule has 0 radical (unpaired) electrons. The van der Waals surface area contributed by atoms with Gasteiger partial charge >= 0.3 is 11.6 Å². The largest absolute Gasteiger partial charge is 0.507 e. The molecule has 49 heavy (non-hydrogen) atoms. The van der Waals surface area contributed by atoms with Crippen LogP contribution in [-0.2, 0) is 27.2 Å². The van der Waals surface area contributed by atoms with Crippen molar-refractivity contribution in [2.75, 3.05) is 13.7 Å². The number of ether oxygens (including phenoxy) is 2. The number of esters is 1. The van der Waals surface area contributed by atoms with Crippen molar-refractivity contribution in [2.24, 2.45) is 11.8 Å². The highest BCUT2D eigenvalue weighted by Gasteiger charge is 2.48. The molecule has 254 valence electrons. The van der Waals surface area contributed by atoms with Gasteiger partial charge in [0.1, 0.15) is 32.9 Å². The molecule has 1 aliphatic heterocycles. The van der Waals surface area contributed by atoms with E-state index in [0.717, 1.165) is 24.0 Å². The molecule has 2 aliphatic carbocycles. The van der Waals surface area contributed by atoms with Crippen molar-refractivity contribution in [2.45, 2.75) is 57.4 Å². The maximum absolute atomic E-state index is 13.6. The van der Waals surface area contributed by atoms with Crippen LogP contribution < -0.4 is 10.4 Å². The Balaban J connectivity index is 1.01. The van der Waals surface area contributed by atoms with Gasteiger partial charge in [0.15, 0.2) is 0 Å². The normalized spacial score (nSPS) is 21.0. The van der Waals surface area contributed by atoms with Crippen LogP contribution in [0.3, 0.4) is 0 Å². The first-order valence-corrected chi connectivity index (χ1v) is 17.9. The van der Waals surface area contributed by atoms with Gasteiger partial charge in [0.25, 0.3) is 5.91 Å². The minimum atomic E-state index is -0.709. The van der Waals surface area contributed by atoms with Gasteiger partial charge in [0.05, 0.1) is 29.6 Å². The quantitative estimate of drug-likeness (QED) is 0.0538. The lowest BCUT2D eigenvalue weighted by molar-refractivity contribution is -0.143. The molecule has 2 aromatic heterocycles. The summed E-state index contributed by atoms with van der Waals surface area (Å²) in [6, 6.07) is 14.2. The molecule has 3 atom stereocenters. The van der Waals surface area contributed by atoms with Gasteiger partial charge in [-0.25, -0.2) is 4.79 Å². The summed E-state index contributed by atoms with van der Waals surface area (Å²) in [5.74, 6) is 2.07. The third-order valence-corrected chi connectivity index (χ3v) is 11.3. The summed E-state index contributed by atoms with van der Waals surface area (Å²) >= 11 is 13.1. The van der Waals surface area contributed by atoms with Gasteiger partial charge < -0.3 is 23.4 Å². The van der Waals surface area contributed by atoms with Crippen LogP contribution in [0, 0.1) is 11.8 Å². The molecule has 7 rings (SSSR count). The van der Waals surface area contributed by atoms with Crippen LogP contribution in [0.25, 0.3) is 28.4 Å². The predicted octanol–water partition coefficient (Wildman–Crippen LogP) is 7.92. The fourth-order valence-corrected chi connectivity index (χ4v) is 8.70. The number of nitrogens with zero attached hydrogens (tertiary/aromatic N) is 1. The highest BCUT2D eigenvalue weighted by Crippen LogP contribution is 2.49. The number of furan rings is 1. The highest BCUT2D eigenvalue weighted by atomic mass is 35.5. The maximum Gasteiger partial charge on any atom is 0.343 e. The number of benzene rings is 2. The van der Waals surface area contributed by atoms with E-state index in [1.54, 1.807) is 36.4 Å². The maximum atomic E-state index is 13.6. The summed E-state index contributed by atoms with van der Waals surface area (Å²) in [6.45, 7) is 0.127.